The predicted octanol–water partition coefficient (Wildman–Crippen LogP) is 3.52. The summed E-state index contributed by atoms with van der Waals surface area (Å²) in [6, 6.07) is 4.89. The van der Waals surface area contributed by atoms with Crippen molar-refractivity contribution in [1.82, 2.24) is 5.32 Å². The average Bonchev–Trinajstić information content (AvgIpc) is 2.70. The number of anilines is 1. The fraction of sp³-hybridized carbons (Fsp3) is 0.467. The number of hydrogen-bond acceptors (Lipinski definition) is 2. The molecule has 0 bridgehead atoms. The van der Waals surface area contributed by atoms with Gasteiger partial charge in [0, 0.05) is 16.2 Å². The summed E-state index contributed by atoms with van der Waals surface area (Å²) in [5.74, 6) is -0.858. The van der Waals surface area contributed by atoms with Gasteiger partial charge in [0.2, 0.25) is 0 Å². The van der Waals surface area contributed by atoms with Gasteiger partial charge in [-0.05, 0) is 50.5 Å². The van der Waals surface area contributed by atoms with E-state index in [-0.39, 0.29) is 12.1 Å². The van der Waals surface area contributed by atoms with Crippen LogP contribution in [0, 0.1) is 12.3 Å². The molecule has 1 fully saturated rings. The van der Waals surface area contributed by atoms with E-state index in [1.165, 1.54) is 0 Å². The summed E-state index contributed by atoms with van der Waals surface area (Å²) in [6.07, 6.45) is 2.08. The predicted molar refractivity (Wildman–Crippen MR) is 84.4 cm³/mol. The van der Waals surface area contributed by atoms with Gasteiger partial charge in [0.25, 0.3) is 0 Å². The first kappa shape index (κ1) is 15.8. The zero-order chi connectivity index (χ0) is 15.6. The molecule has 21 heavy (non-hydrogen) atoms. The Hall–Kier alpha value is -1.56. The third-order valence-electron chi connectivity index (χ3n) is 4.05. The molecule has 3 N–H and O–H groups in total. The lowest BCUT2D eigenvalue weighted by molar-refractivity contribution is -0.148. The molecule has 1 aliphatic carbocycles. The van der Waals surface area contributed by atoms with Crippen molar-refractivity contribution in [3.05, 3.63) is 28.2 Å². The summed E-state index contributed by atoms with van der Waals surface area (Å²) in [7, 11) is 0. The fourth-order valence-electron chi connectivity index (χ4n) is 2.79. The largest absolute Gasteiger partial charge is 0.481 e. The molecule has 0 spiro atoms. The quantitative estimate of drug-likeness (QED) is 0.776. The van der Waals surface area contributed by atoms with Crippen LogP contribution in [0.15, 0.2) is 22.7 Å². The van der Waals surface area contributed by atoms with E-state index in [0.717, 1.165) is 16.5 Å². The first-order valence-electron chi connectivity index (χ1n) is 6.89. The van der Waals surface area contributed by atoms with Crippen LogP contribution in [0.1, 0.15) is 31.7 Å². The van der Waals surface area contributed by atoms with Gasteiger partial charge in [-0.2, -0.15) is 0 Å². The number of benzene rings is 1. The van der Waals surface area contributed by atoms with Crippen LogP contribution in [0.25, 0.3) is 0 Å². The summed E-state index contributed by atoms with van der Waals surface area (Å²) >= 11 is 3.38. The summed E-state index contributed by atoms with van der Waals surface area (Å²) in [6.45, 7) is 3.63. The molecule has 0 aromatic heterocycles. The molecule has 2 rings (SSSR count). The number of hydrogen-bond donors (Lipinski definition) is 3. The molecule has 1 aromatic carbocycles. The number of urea groups is 1. The maximum atomic E-state index is 12.1. The third kappa shape index (κ3) is 3.56. The van der Waals surface area contributed by atoms with Gasteiger partial charge in [-0.25, -0.2) is 4.79 Å². The number of nitrogens with one attached hydrogen (secondary N) is 2. The third-order valence-corrected chi connectivity index (χ3v) is 4.51. The smallest absolute Gasteiger partial charge is 0.319 e. The molecule has 0 saturated heterocycles. The number of rotatable bonds is 3. The van der Waals surface area contributed by atoms with Crippen LogP contribution in [0.3, 0.4) is 0 Å². The lowest BCUT2D eigenvalue weighted by Gasteiger charge is -2.27. The molecule has 0 aliphatic heterocycles. The van der Waals surface area contributed by atoms with Crippen molar-refractivity contribution in [2.75, 3.05) is 5.32 Å². The zero-order valence-corrected chi connectivity index (χ0v) is 13.7. The van der Waals surface area contributed by atoms with E-state index in [2.05, 4.69) is 26.6 Å². The number of aliphatic carboxylic acids is 1. The summed E-state index contributed by atoms with van der Waals surface area (Å²) in [5, 5.41) is 14.9. The normalized spacial score (nSPS) is 24.6. The van der Waals surface area contributed by atoms with Gasteiger partial charge in [-0.3, -0.25) is 4.79 Å². The van der Waals surface area contributed by atoms with Gasteiger partial charge in [0.1, 0.15) is 0 Å². The van der Waals surface area contributed by atoms with Crippen LogP contribution in [0.2, 0.25) is 0 Å². The van der Waals surface area contributed by atoms with Crippen LogP contribution in [0.5, 0.6) is 0 Å². The summed E-state index contributed by atoms with van der Waals surface area (Å²) in [4.78, 5) is 23.5. The number of aryl methyl sites for hydroxylation is 1. The van der Waals surface area contributed by atoms with E-state index in [4.69, 9.17) is 0 Å². The van der Waals surface area contributed by atoms with Crippen molar-refractivity contribution < 1.29 is 14.7 Å². The molecule has 1 saturated carbocycles. The first-order chi connectivity index (χ1) is 9.81. The SMILES string of the molecule is Cc1cc(Br)cc(NC(=O)NC2CCCC2(C)C(=O)O)c1. The number of carboxylic acids is 1. The number of halogens is 1. The van der Waals surface area contributed by atoms with E-state index in [9.17, 15) is 14.7 Å². The van der Waals surface area contributed by atoms with E-state index in [0.29, 0.717) is 18.5 Å². The van der Waals surface area contributed by atoms with Crippen molar-refractivity contribution in [3.8, 4) is 0 Å². The number of carbonyl (C=O) groups excluding carboxylic acids is 1. The fourth-order valence-corrected chi connectivity index (χ4v) is 3.40. The lowest BCUT2D eigenvalue weighted by atomic mass is 9.85. The minimum absolute atomic E-state index is 0.344. The Bertz CT molecular complexity index is 556. The molecule has 6 heteroatoms. The molecule has 0 radical (unpaired) electrons. The Kier molecular flexibility index (Phi) is 4.56. The average molecular weight is 355 g/mol. The van der Waals surface area contributed by atoms with Crippen LogP contribution in [-0.4, -0.2) is 23.1 Å². The molecule has 0 heterocycles. The van der Waals surface area contributed by atoms with E-state index < -0.39 is 11.4 Å². The Morgan fingerprint density at radius 2 is 2.10 bits per heavy atom. The van der Waals surface area contributed by atoms with Crippen LogP contribution in [0.4, 0.5) is 10.5 Å². The van der Waals surface area contributed by atoms with Crippen LogP contribution in [-0.2, 0) is 4.79 Å². The maximum Gasteiger partial charge on any atom is 0.319 e. The van der Waals surface area contributed by atoms with Crippen molar-refractivity contribution in [1.29, 1.82) is 0 Å². The minimum atomic E-state index is -0.884. The maximum absolute atomic E-state index is 12.1. The van der Waals surface area contributed by atoms with Gasteiger partial charge in [-0.1, -0.05) is 22.4 Å². The topological polar surface area (TPSA) is 78.4 Å². The summed E-state index contributed by atoms with van der Waals surface area (Å²) < 4.78 is 0.883. The highest BCUT2D eigenvalue weighted by molar-refractivity contribution is 9.10. The highest BCUT2D eigenvalue weighted by Gasteiger charge is 2.45. The Balaban J connectivity index is 2.03. The van der Waals surface area contributed by atoms with E-state index >= 15 is 0 Å². The van der Waals surface area contributed by atoms with Gasteiger partial charge in [0.05, 0.1) is 5.41 Å². The molecule has 2 amide bonds. The summed E-state index contributed by atoms with van der Waals surface area (Å²) in [5.41, 5.74) is 0.815. The molecular weight excluding hydrogens is 336 g/mol. The second-order valence-electron chi connectivity index (χ2n) is 5.78. The van der Waals surface area contributed by atoms with Crippen LogP contribution < -0.4 is 10.6 Å². The monoisotopic (exact) mass is 354 g/mol. The highest BCUT2D eigenvalue weighted by atomic mass is 79.9. The first-order valence-corrected chi connectivity index (χ1v) is 7.69. The second-order valence-corrected chi connectivity index (χ2v) is 6.70. The Morgan fingerprint density at radius 3 is 2.71 bits per heavy atom. The number of carboxylic acid groups (broad SMARTS) is 1. The van der Waals surface area contributed by atoms with Gasteiger partial charge < -0.3 is 15.7 Å². The van der Waals surface area contributed by atoms with Gasteiger partial charge in [0.15, 0.2) is 0 Å². The standard InChI is InChI=1S/C15H19BrN2O3/c1-9-6-10(16)8-11(7-9)17-14(21)18-12-4-3-5-15(12,2)13(19)20/h6-8,12H,3-5H2,1-2H3,(H,19,20)(H2,17,18,21). The molecule has 114 valence electrons. The zero-order valence-electron chi connectivity index (χ0n) is 12.1. The molecule has 2 unspecified atom stereocenters. The molecule has 5 nitrogen and oxygen atoms in total. The molecule has 1 aromatic rings. The molecule has 2 atom stereocenters. The van der Waals surface area contributed by atoms with Crippen molar-refractivity contribution in [2.45, 2.75) is 39.2 Å². The molecular formula is C15H19BrN2O3. The molecule has 1 aliphatic rings. The van der Waals surface area contributed by atoms with E-state index in [1.54, 1.807) is 13.0 Å². The Labute approximate surface area is 132 Å². The van der Waals surface area contributed by atoms with Gasteiger partial charge >= 0.3 is 12.0 Å². The number of amides is 2. The minimum Gasteiger partial charge on any atom is -0.481 e. The Morgan fingerprint density at radius 1 is 1.38 bits per heavy atom. The number of carbonyl (C=O) groups is 2. The highest BCUT2D eigenvalue weighted by Crippen LogP contribution is 2.38. The van der Waals surface area contributed by atoms with Crippen molar-refractivity contribution in [3.63, 3.8) is 0 Å². The van der Waals surface area contributed by atoms with Crippen molar-refractivity contribution in [2.24, 2.45) is 5.41 Å². The van der Waals surface area contributed by atoms with E-state index in [1.807, 2.05) is 19.1 Å². The van der Waals surface area contributed by atoms with Gasteiger partial charge in [-0.15, -0.1) is 0 Å². The lowest BCUT2D eigenvalue weighted by Crippen LogP contribution is -2.48. The van der Waals surface area contributed by atoms with Crippen molar-refractivity contribution >= 4 is 33.6 Å². The van der Waals surface area contributed by atoms with Crippen LogP contribution >= 0.6 is 15.9 Å². The second kappa shape index (κ2) is 6.05.